The molecule has 1 aromatic carbocycles. The summed E-state index contributed by atoms with van der Waals surface area (Å²) in [5, 5.41) is 12.5. The minimum atomic E-state index is -0.963. The molecule has 0 saturated carbocycles. The number of aromatic carboxylic acids is 1. The molecule has 2 rings (SSSR count). The number of rotatable bonds is 4. The first-order valence-electron chi connectivity index (χ1n) is 6.51. The molecule has 1 aromatic heterocycles. The lowest BCUT2D eigenvalue weighted by molar-refractivity contribution is 0.0697. The summed E-state index contributed by atoms with van der Waals surface area (Å²) in [6.07, 6.45) is 1.62. The molecule has 0 saturated heterocycles. The summed E-state index contributed by atoms with van der Waals surface area (Å²) >= 11 is 0. The molecule has 4 heteroatoms. The predicted octanol–water partition coefficient (Wildman–Crippen LogP) is 3.57. The Balaban J connectivity index is 2.33. The van der Waals surface area contributed by atoms with Crippen LogP contribution in [0.25, 0.3) is 0 Å². The molecular formula is C16H18N2O2. The number of carbonyl (C=O) groups is 1. The summed E-state index contributed by atoms with van der Waals surface area (Å²) in [4.78, 5) is 15.5. The summed E-state index contributed by atoms with van der Waals surface area (Å²) in [5.41, 5.74) is 3.23. The molecule has 1 unspecified atom stereocenters. The lowest BCUT2D eigenvalue weighted by Gasteiger charge is -2.18. The lowest BCUT2D eigenvalue weighted by atomic mass is 10.0. The van der Waals surface area contributed by atoms with Crippen molar-refractivity contribution in [2.75, 3.05) is 5.32 Å². The second-order valence-corrected chi connectivity index (χ2v) is 4.88. The van der Waals surface area contributed by atoms with Crippen molar-refractivity contribution in [3.8, 4) is 0 Å². The van der Waals surface area contributed by atoms with Crippen molar-refractivity contribution in [3.63, 3.8) is 0 Å². The van der Waals surface area contributed by atoms with Crippen molar-refractivity contribution in [3.05, 3.63) is 58.8 Å². The number of nitrogens with zero attached hydrogens (tertiary/aromatic N) is 1. The second-order valence-electron chi connectivity index (χ2n) is 4.88. The molecule has 0 radical (unpaired) electrons. The van der Waals surface area contributed by atoms with Crippen molar-refractivity contribution in [1.82, 2.24) is 4.98 Å². The first kappa shape index (κ1) is 14.1. The number of aromatic nitrogens is 1. The van der Waals surface area contributed by atoms with E-state index in [1.54, 1.807) is 19.2 Å². The Morgan fingerprint density at radius 1 is 1.20 bits per heavy atom. The zero-order chi connectivity index (χ0) is 14.7. The largest absolute Gasteiger partial charge is 0.478 e. The number of pyridine rings is 1. The normalized spacial score (nSPS) is 11.9. The highest BCUT2D eigenvalue weighted by Crippen LogP contribution is 2.24. The Morgan fingerprint density at radius 3 is 2.55 bits per heavy atom. The molecule has 2 N–H and O–H groups in total. The standard InChI is InChI=1S/C16H18N2O2/c1-10-6-4-5-7-13(10)12(3)18-15-14(16(19)20)11(2)8-9-17-15/h4-9,12H,1-3H3,(H,17,18)(H,19,20). The van der Waals surface area contributed by atoms with Gasteiger partial charge in [0.05, 0.1) is 6.04 Å². The van der Waals surface area contributed by atoms with Gasteiger partial charge >= 0.3 is 5.97 Å². The van der Waals surface area contributed by atoms with Crippen molar-refractivity contribution in [2.45, 2.75) is 26.8 Å². The Kier molecular flexibility index (Phi) is 4.03. The van der Waals surface area contributed by atoms with Gasteiger partial charge in [0.2, 0.25) is 0 Å². The van der Waals surface area contributed by atoms with Gasteiger partial charge < -0.3 is 10.4 Å². The number of carboxylic acids is 1. The highest BCUT2D eigenvalue weighted by molar-refractivity contribution is 5.94. The third kappa shape index (κ3) is 2.79. The number of hydrogen-bond donors (Lipinski definition) is 2. The van der Waals surface area contributed by atoms with Crippen molar-refractivity contribution >= 4 is 11.8 Å². The van der Waals surface area contributed by atoms with E-state index in [1.165, 1.54) is 0 Å². The van der Waals surface area contributed by atoms with E-state index in [-0.39, 0.29) is 11.6 Å². The van der Waals surface area contributed by atoms with Gasteiger partial charge in [0, 0.05) is 6.20 Å². The molecule has 4 nitrogen and oxygen atoms in total. The van der Waals surface area contributed by atoms with Crippen LogP contribution < -0.4 is 5.32 Å². The average Bonchev–Trinajstić information content (AvgIpc) is 2.38. The van der Waals surface area contributed by atoms with Crippen LogP contribution in [0.15, 0.2) is 36.5 Å². The van der Waals surface area contributed by atoms with E-state index >= 15 is 0 Å². The number of anilines is 1. The first-order valence-corrected chi connectivity index (χ1v) is 6.51. The fourth-order valence-electron chi connectivity index (χ4n) is 2.29. The zero-order valence-electron chi connectivity index (χ0n) is 11.8. The zero-order valence-corrected chi connectivity index (χ0v) is 11.8. The summed E-state index contributed by atoms with van der Waals surface area (Å²) in [7, 11) is 0. The van der Waals surface area contributed by atoms with E-state index in [1.807, 2.05) is 38.1 Å². The minimum absolute atomic E-state index is 0.0106. The fraction of sp³-hybridized carbons (Fsp3) is 0.250. The van der Waals surface area contributed by atoms with E-state index in [2.05, 4.69) is 10.3 Å². The Hall–Kier alpha value is -2.36. The van der Waals surface area contributed by atoms with Gasteiger partial charge in [0.25, 0.3) is 0 Å². The maximum atomic E-state index is 11.3. The topological polar surface area (TPSA) is 62.2 Å². The fourth-order valence-corrected chi connectivity index (χ4v) is 2.29. The molecule has 0 fully saturated rings. The van der Waals surface area contributed by atoms with Gasteiger partial charge in [-0.1, -0.05) is 24.3 Å². The van der Waals surface area contributed by atoms with Crippen LogP contribution in [-0.4, -0.2) is 16.1 Å². The van der Waals surface area contributed by atoms with Gasteiger partial charge in [-0.25, -0.2) is 9.78 Å². The van der Waals surface area contributed by atoms with Gasteiger partial charge in [-0.2, -0.15) is 0 Å². The summed E-state index contributed by atoms with van der Waals surface area (Å²) in [6.45, 7) is 5.81. The molecule has 0 aliphatic rings. The van der Waals surface area contributed by atoms with E-state index < -0.39 is 5.97 Å². The van der Waals surface area contributed by atoms with Gasteiger partial charge in [0.15, 0.2) is 0 Å². The van der Waals surface area contributed by atoms with Crippen LogP contribution in [0.2, 0.25) is 0 Å². The molecule has 0 aliphatic heterocycles. The van der Waals surface area contributed by atoms with E-state index in [9.17, 15) is 9.90 Å². The van der Waals surface area contributed by atoms with Crippen LogP contribution in [-0.2, 0) is 0 Å². The van der Waals surface area contributed by atoms with Gasteiger partial charge in [0.1, 0.15) is 11.4 Å². The molecule has 1 heterocycles. The molecule has 0 bridgehead atoms. The quantitative estimate of drug-likeness (QED) is 0.891. The van der Waals surface area contributed by atoms with Gasteiger partial charge in [-0.05, 0) is 43.5 Å². The van der Waals surface area contributed by atoms with Crippen LogP contribution >= 0.6 is 0 Å². The van der Waals surface area contributed by atoms with E-state index in [4.69, 9.17) is 0 Å². The molecule has 1 atom stereocenters. The average molecular weight is 270 g/mol. The molecule has 20 heavy (non-hydrogen) atoms. The predicted molar refractivity (Wildman–Crippen MR) is 79.2 cm³/mol. The molecule has 0 aliphatic carbocycles. The van der Waals surface area contributed by atoms with Crippen molar-refractivity contribution in [1.29, 1.82) is 0 Å². The Labute approximate surface area is 118 Å². The second kappa shape index (κ2) is 5.74. The molecule has 0 amide bonds. The molecule has 0 spiro atoms. The molecule has 104 valence electrons. The smallest absolute Gasteiger partial charge is 0.339 e. The number of carboxylic acid groups (broad SMARTS) is 1. The number of aryl methyl sites for hydroxylation is 2. The number of hydrogen-bond acceptors (Lipinski definition) is 3. The van der Waals surface area contributed by atoms with Gasteiger partial charge in [-0.15, -0.1) is 0 Å². The lowest BCUT2D eigenvalue weighted by Crippen LogP contribution is -2.14. The highest BCUT2D eigenvalue weighted by atomic mass is 16.4. The first-order chi connectivity index (χ1) is 9.50. The Bertz CT molecular complexity index is 638. The summed E-state index contributed by atoms with van der Waals surface area (Å²) < 4.78 is 0. The highest BCUT2D eigenvalue weighted by Gasteiger charge is 2.17. The molecular weight excluding hydrogens is 252 g/mol. The van der Waals surface area contributed by atoms with Crippen molar-refractivity contribution < 1.29 is 9.90 Å². The van der Waals surface area contributed by atoms with E-state index in [0.717, 1.165) is 11.1 Å². The summed E-state index contributed by atoms with van der Waals surface area (Å²) in [5.74, 6) is -0.552. The van der Waals surface area contributed by atoms with Crippen LogP contribution in [0.4, 0.5) is 5.82 Å². The van der Waals surface area contributed by atoms with Gasteiger partial charge in [-0.3, -0.25) is 0 Å². The third-order valence-corrected chi connectivity index (χ3v) is 3.38. The monoisotopic (exact) mass is 270 g/mol. The van der Waals surface area contributed by atoms with Crippen LogP contribution in [0, 0.1) is 13.8 Å². The van der Waals surface area contributed by atoms with Crippen LogP contribution in [0.1, 0.15) is 40.0 Å². The maximum Gasteiger partial charge on any atom is 0.339 e. The summed E-state index contributed by atoms with van der Waals surface area (Å²) in [6, 6.07) is 9.72. The number of nitrogens with one attached hydrogen (secondary N) is 1. The minimum Gasteiger partial charge on any atom is -0.478 e. The van der Waals surface area contributed by atoms with Crippen LogP contribution in [0.3, 0.4) is 0 Å². The van der Waals surface area contributed by atoms with Crippen LogP contribution in [0.5, 0.6) is 0 Å². The number of benzene rings is 1. The SMILES string of the molecule is Cc1ccccc1C(C)Nc1nccc(C)c1C(=O)O. The van der Waals surface area contributed by atoms with Crippen molar-refractivity contribution in [2.24, 2.45) is 0 Å². The maximum absolute atomic E-state index is 11.3. The Morgan fingerprint density at radius 2 is 1.90 bits per heavy atom. The third-order valence-electron chi connectivity index (χ3n) is 3.38. The van der Waals surface area contributed by atoms with E-state index in [0.29, 0.717) is 11.4 Å². The molecule has 2 aromatic rings.